The Labute approximate surface area is 192 Å². The molecular formula is C27H27FN4O. The topological polar surface area (TPSA) is 50.2 Å². The summed E-state index contributed by atoms with van der Waals surface area (Å²) in [6.07, 6.45) is 1.84. The molecule has 1 saturated heterocycles. The number of anilines is 1. The van der Waals surface area contributed by atoms with Gasteiger partial charge in [0.25, 0.3) is 0 Å². The molecule has 1 aliphatic heterocycles. The molecule has 33 heavy (non-hydrogen) atoms. The number of imidazole rings is 1. The zero-order valence-electron chi connectivity index (χ0n) is 18.7. The first kappa shape index (κ1) is 21.3. The summed E-state index contributed by atoms with van der Waals surface area (Å²) < 4.78 is 15.6. The van der Waals surface area contributed by atoms with E-state index in [1.165, 1.54) is 12.1 Å². The van der Waals surface area contributed by atoms with Gasteiger partial charge in [0.1, 0.15) is 11.6 Å². The molecule has 5 rings (SSSR count). The predicted molar refractivity (Wildman–Crippen MR) is 129 cm³/mol. The highest BCUT2D eigenvalue weighted by Crippen LogP contribution is 2.26. The van der Waals surface area contributed by atoms with Crippen molar-refractivity contribution in [2.75, 3.05) is 18.4 Å². The first-order valence-corrected chi connectivity index (χ1v) is 11.4. The lowest BCUT2D eigenvalue weighted by molar-refractivity contribution is -0.121. The smallest absolute Gasteiger partial charge is 0.228 e. The molecule has 0 spiro atoms. The number of aryl methyl sites for hydroxylation is 1. The minimum atomic E-state index is -0.261. The van der Waals surface area contributed by atoms with E-state index in [9.17, 15) is 9.18 Å². The van der Waals surface area contributed by atoms with Gasteiger partial charge in [-0.05, 0) is 74.3 Å². The van der Waals surface area contributed by atoms with Crippen molar-refractivity contribution in [3.63, 3.8) is 0 Å². The number of amides is 1. The molecule has 1 atom stereocenters. The second-order valence-electron chi connectivity index (χ2n) is 8.71. The molecule has 0 saturated carbocycles. The van der Waals surface area contributed by atoms with E-state index >= 15 is 0 Å². The van der Waals surface area contributed by atoms with Gasteiger partial charge < -0.3 is 5.32 Å². The number of aromatic nitrogens is 2. The van der Waals surface area contributed by atoms with E-state index in [4.69, 9.17) is 4.98 Å². The standard InChI is InChI=1S/C27H27FN4O/c1-19-7-2-3-9-23(19)30-27(33)20-8-6-16-31(17-20)18-26-29-24-10-4-5-11-25(24)32(26)22-14-12-21(28)13-15-22/h2-5,7,9-15,20H,6,8,16-18H2,1H3,(H,30,33)/t20-/m1/s1. The van der Waals surface area contributed by atoms with Gasteiger partial charge in [0.15, 0.2) is 0 Å². The Balaban J connectivity index is 1.37. The first-order chi connectivity index (χ1) is 16.1. The molecule has 0 radical (unpaired) electrons. The molecule has 168 valence electrons. The number of carbonyl (C=O) groups excluding carboxylic acids is 1. The van der Waals surface area contributed by atoms with Crippen LogP contribution in [0.5, 0.6) is 0 Å². The summed E-state index contributed by atoms with van der Waals surface area (Å²) >= 11 is 0. The molecule has 1 amide bonds. The lowest BCUT2D eigenvalue weighted by Gasteiger charge is -2.32. The van der Waals surface area contributed by atoms with Crippen LogP contribution >= 0.6 is 0 Å². The van der Waals surface area contributed by atoms with Gasteiger partial charge in [-0.3, -0.25) is 14.3 Å². The third kappa shape index (κ3) is 4.52. The average Bonchev–Trinajstić information content (AvgIpc) is 3.19. The van der Waals surface area contributed by atoms with E-state index in [1.807, 2.05) is 55.5 Å². The van der Waals surface area contributed by atoms with Crippen molar-refractivity contribution in [1.29, 1.82) is 0 Å². The molecule has 1 N–H and O–H groups in total. The van der Waals surface area contributed by atoms with E-state index in [0.29, 0.717) is 13.1 Å². The second kappa shape index (κ2) is 9.16. The fraction of sp³-hybridized carbons (Fsp3) is 0.259. The van der Waals surface area contributed by atoms with Gasteiger partial charge in [0.2, 0.25) is 5.91 Å². The summed E-state index contributed by atoms with van der Waals surface area (Å²) in [5.41, 5.74) is 4.71. The van der Waals surface area contributed by atoms with Crippen LogP contribution in [-0.4, -0.2) is 33.4 Å². The Hall–Kier alpha value is -3.51. The monoisotopic (exact) mass is 442 g/mol. The molecule has 4 aromatic rings. The van der Waals surface area contributed by atoms with E-state index in [1.54, 1.807) is 12.1 Å². The SMILES string of the molecule is Cc1ccccc1NC(=O)[C@@H]1CCCN(Cc2nc3ccccc3n2-c2ccc(F)cc2)C1. The van der Waals surface area contributed by atoms with Gasteiger partial charge in [-0.15, -0.1) is 0 Å². The summed E-state index contributed by atoms with van der Waals surface area (Å²) in [6, 6.07) is 22.3. The predicted octanol–water partition coefficient (Wildman–Crippen LogP) is 5.32. The summed E-state index contributed by atoms with van der Waals surface area (Å²) in [4.78, 5) is 20.2. The van der Waals surface area contributed by atoms with Crippen LogP contribution in [0.3, 0.4) is 0 Å². The van der Waals surface area contributed by atoms with Crippen LogP contribution in [0, 0.1) is 18.7 Å². The van der Waals surface area contributed by atoms with Crippen molar-refractivity contribution in [2.24, 2.45) is 5.92 Å². The molecule has 1 aliphatic rings. The Morgan fingerprint density at radius 1 is 1.06 bits per heavy atom. The highest BCUT2D eigenvalue weighted by Gasteiger charge is 2.27. The van der Waals surface area contributed by atoms with Crippen molar-refractivity contribution < 1.29 is 9.18 Å². The highest BCUT2D eigenvalue weighted by atomic mass is 19.1. The summed E-state index contributed by atoms with van der Waals surface area (Å²) in [5, 5.41) is 3.11. The van der Waals surface area contributed by atoms with Crippen LogP contribution < -0.4 is 5.32 Å². The molecular weight excluding hydrogens is 415 g/mol. The lowest BCUT2D eigenvalue weighted by atomic mass is 9.97. The van der Waals surface area contributed by atoms with Gasteiger partial charge in [0, 0.05) is 17.9 Å². The molecule has 6 heteroatoms. The van der Waals surface area contributed by atoms with E-state index in [2.05, 4.69) is 14.8 Å². The molecule has 1 aromatic heterocycles. The Kier molecular flexibility index (Phi) is 5.92. The molecule has 0 bridgehead atoms. The van der Waals surface area contributed by atoms with E-state index < -0.39 is 0 Å². The number of rotatable bonds is 5. The van der Waals surface area contributed by atoms with Gasteiger partial charge in [-0.1, -0.05) is 30.3 Å². The minimum absolute atomic E-state index is 0.0676. The number of likely N-dealkylation sites (tertiary alicyclic amines) is 1. The molecule has 2 heterocycles. The number of fused-ring (bicyclic) bond motifs is 1. The van der Waals surface area contributed by atoms with Crippen LogP contribution in [0.4, 0.5) is 10.1 Å². The number of nitrogens with zero attached hydrogens (tertiary/aromatic N) is 3. The van der Waals surface area contributed by atoms with Crippen LogP contribution in [-0.2, 0) is 11.3 Å². The van der Waals surface area contributed by atoms with Crippen LogP contribution in [0.15, 0.2) is 72.8 Å². The van der Waals surface area contributed by atoms with E-state index in [0.717, 1.165) is 53.2 Å². The number of para-hydroxylation sites is 3. The van der Waals surface area contributed by atoms with Gasteiger partial charge >= 0.3 is 0 Å². The zero-order chi connectivity index (χ0) is 22.8. The number of hydrogen-bond donors (Lipinski definition) is 1. The summed E-state index contributed by atoms with van der Waals surface area (Å²) in [5.74, 6) is 0.633. The van der Waals surface area contributed by atoms with Crippen molar-refractivity contribution in [1.82, 2.24) is 14.5 Å². The first-order valence-electron chi connectivity index (χ1n) is 11.4. The maximum atomic E-state index is 13.5. The number of nitrogens with one attached hydrogen (secondary N) is 1. The molecule has 1 fully saturated rings. The van der Waals surface area contributed by atoms with Crippen LogP contribution in [0.2, 0.25) is 0 Å². The normalized spacial score (nSPS) is 16.7. The summed E-state index contributed by atoms with van der Waals surface area (Å²) in [7, 11) is 0. The molecule has 0 aliphatic carbocycles. The Morgan fingerprint density at radius 3 is 2.64 bits per heavy atom. The Morgan fingerprint density at radius 2 is 1.82 bits per heavy atom. The Bertz CT molecular complexity index is 1280. The largest absolute Gasteiger partial charge is 0.326 e. The van der Waals surface area contributed by atoms with Gasteiger partial charge in [-0.2, -0.15) is 0 Å². The fourth-order valence-corrected chi connectivity index (χ4v) is 4.62. The van der Waals surface area contributed by atoms with Gasteiger partial charge in [0.05, 0.1) is 23.5 Å². The third-order valence-corrected chi connectivity index (χ3v) is 6.36. The third-order valence-electron chi connectivity index (χ3n) is 6.36. The number of carbonyl (C=O) groups is 1. The van der Waals surface area contributed by atoms with E-state index in [-0.39, 0.29) is 17.6 Å². The summed E-state index contributed by atoms with van der Waals surface area (Å²) in [6.45, 7) is 4.23. The molecule has 5 nitrogen and oxygen atoms in total. The number of benzene rings is 3. The minimum Gasteiger partial charge on any atom is -0.326 e. The number of halogens is 1. The van der Waals surface area contributed by atoms with Crippen molar-refractivity contribution in [2.45, 2.75) is 26.3 Å². The van der Waals surface area contributed by atoms with Crippen LogP contribution in [0.1, 0.15) is 24.2 Å². The number of piperidine rings is 1. The second-order valence-corrected chi connectivity index (χ2v) is 8.71. The van der Waals surface area contributed by atoms with Crippen LogP contribution in [0.25, 0.3) is 16.7 Å². The lowest BCUT2D eigenvalue weighted by Crippen LogP contribution is -2.40. The highest BCUT2D eigenvalue weighted by molar-refractivity contribution is 5.93. The molecule has 0 unspecified atom stereocenters. The van der Waals surface area contributed by atoms with Gasteiger partial charge in [-0.25, -0.2) is 9.37 Å². The maximum absolute atomic E-state index is 13.5. The van der Waals surface area contributed by atoms with Crippen molar-refractivity contribution in [3.8, 4) is 5.69 Å². The maximum Gasteiger partial charge on any atom is 0.228 e. The zero-order valence-corrected chi connectivity index (χ0v) is 18.7. The quantitative estimate of drug-likeness (QED) is 0.455. The fourth-order valence-electron chi connectivity index (χ4n) is 4.62. The van der Waals surface area contributed by atoms with Crippen molar-refractivity contribution in [3.05, 3.63) is 90.0 Å². The van der Waals surface area contributed by atoms with Crippen molar-refractivity contribution >= 4 is 22.6 Å². The number of hydrogen-bond acceptors (Lipinski definition) is 3. The molecule has 3 aromatic carbocycles. The average molecular weight is 443 g/mol.